The zero-order chi connectivity index (χ0) is 9.90. The first-order valence-electron chi connectivity index (χ1n) is 3.24. The summed E-state index contributed by atoms with van der Waals surface area (Å²) in [5, 5.41) is 14.1. The van der Waals surface area contributed by atoms with Crippen molar-refractivity contribution in [2.75, 3.05) is 6.54 Å². The minimum atomic E-state index is -3.64. The van der Waals surface area contributed by atoms with Gasteiger partial charge in [0, 0.05) is 6.54 Å². The molecule has 8 nitrogen and oxygen atoms in total. The molecular formula is C3H8N6O2S2. The molecule has 0 spiro atoms. The van der Waals surface area contributed by atoms with Gasteiger partial charge in [0.15, 0.2) is 0 Å². The molecule has 0 radical (unpaired) electrons. The number of aromatic nitrogens is 4. The lowest BCUT2D eigenvalue weighted by molar-refractivity contribution is 0.551. The van der Waals surface area contributed by atoms with E-state index in [4.69, 9.17) is 17.4 Å². The van der Waals surface area contributed by atoms with Crippen LogP contribution in [0.25, 0.3) is 0 Å². The lowest BCUT2D eigenvalue weighted by Crippen LogP contribution is -2.33. The fourth-order valence-electron chi connectivity index (χ4n) is 0.661. The SMILES string of the molecule is NS(=O)(=O)NCCn1[nH]nnc1=S. The zero-order valence-electron chi connectivity index (χ0n) is 6.47. The third kappa shape index (κ3) is 3.59. The third-order valence-electron chi connectivity index (χ3n) is 1.17. The van der Waals surface area contributed by atoms with Gasteiger partial charge in [-0.15, -0.1) is 0 Å². The first-order chi connectivity index (χ1) is 5.99. The Balaban J connectivity index is 2.46. The average molecular weight is 224 g/mol. The van der Waals surface area contributed by atoms with Crippen molar-refractivity contribution >= 4 is 22.4 Å². The van der Waals surface area contributed by atoms with E-state index in [0.29, 0.717) is 6.54 Å². The minimum Gasteiger partial charge on any atom is -0.241 e. The Kier molecular flexibility index (Phi) is 3.08. The summed E-state index contributed by atoms with van der Waals surface area (Å²) in [4.78, 5) is 0. The molecule has 1 aromatic heterocycles. The summed E-state index contributed by atoms with van der Waals surface area (Å²) in [6.07, 6.45) is 0. The average Bonchev–Trinajstić information content (AvgIpc) is 2.34. The van der Waals surface area contributed by atoms with Crippen LogP contribution in [0.15, 0.2) is 0 Å². The molecule has 0 fully saturated rings. The molecular weight excluding hydrogens is 216 g/mol. The number of nitrogens with two attached hydrogens (primary N) is 1. The van der Waals surface area contributed by atoms with Crippen LogP contribution in [0.2, 0.25) is 0 Å². The highest BCUT2D eigenvalue weighted by atomic mass is 32.2. The molecule has 0 aliphatic heterocycles. The van der Waals surface area contributed by atoms with E-state index in [9.17, 15) is 8.42 Å². The van der Waals surface area contributed by atoms with Crippen molar-refractivity contribution < 1.29 is 8.42 Å². The van der Waals surface area contributed by atoms with Gasteiger partial charge in [-0.3, -0.25) is 0 Å². The largest absolute Gasteiger partial charge is 0.274 e. The summed E-state index contributed by atoms with van der Waals surface area (Å²) >= 11 is 4.74. The van der Waals surface area contributed by atoms with Gasteiger partial charge in [-0.05, 0) is 12.2 Å². The van der Waals surface area contributed by atoms with E-state index < -0.39 is 10.2 Å². The van der Waals surface area contributed by atoms with Crippen LogP contribution < -0.4 is 9.86 Å². The van der Waals surface area contributed by atoms with Gasteiger partial charge >= 0.3 is 0 Å². The number of aromatic amines is 1. The van der Waals surface area contributed by atoms with Gasteiger partial charge in [-0.2, -0.15) is 13.6 Å². The fraction of sp³-hybridized carbons (Fsp3) is 0.667. The van der Waals surface area contributed by atoms with Crippen molar-refractivity contribution in [1.82, 2.24) is 24.9 Å². The Morgan fingerprint density at radius 2 is 2.38 bits per heavy atom. The number of tetrazole rings is 1. The van der Waals surface area contributed by atoms with Gasteiger partial charge < -0.3 is 0 Å². The van der Waals surface area contributed by atoms with Crippen LogP contribution in [0.4, 0.5) is 0 Å². The quantitative estimate of drug-likeness (QED) is 0.518. The summed E-state index contributed by atoms with van der Waals surface area (Å²) < 4.78 is 24.6. The maximum absolute atomic E-state index is 10.4. The molecule has 10 heteroatoms. The first-order valence-corrected chi connectivity index (χ1v) is 5.20. The molecule has 13 heavy (non-hydrogen) atoms. The second-order valence-electron chi connectivity index (χ2n) is 2.17. The Bertz CT molecular complexity index is 417. The summed E-state index contributed by atoms with van der Waals surface area (Å²) in [7, 11) is -3.64. The Labute approximate surface area is 79.3 Å². The molecule has 1 aromatic rings. The summed E-state index contributed by atoms with van der Waals surface area (Å²) in [6.45, 7) is 0.444. The Hall–Kier alpha value is -0.840. The molecule has 0 aliphatic rings. The smallest absolute Gasteiger partial charge is 0.241 e. The van der Waals surface area contributed by atoms with Gasteiger partial charge in [0.05, 0.1) is 6.54 Å². The molecule has 0 atom stereocenters. The number of nitrogens with one attached hydrogen (secondary N) is 2. The van der Waals surface area contributed by atoms with Crippen LogP contribution in [-0.4, -0.2) is 35.2 Å². The topological polar surface area (TPSA) is 119 Å². The zero-order valence-corrected chi connectivity index (χ0v) is 8.10. The fourth-order valence-corrected chi connectivity index (χ4v) is 1.21. The monoisotopic (exact) mass is 224 g/mol. The number of rotatable bonds is 4. The van der Waals surface area contributed by atoms with Crippen LogP contribution in [-0.2, 0) is 16.8 Å². The van der Waals surface area contributed by atoms with Crippen LogP contribution in [0.3, 0.4) is 0 Å². The van der Waals surface area contributed by atoms with Crippen molar-refractivity contribution in [3.05, 3.63) is 4.77 Å². The molecule has 0 aliphatic carbocycles. The van der Waals surface area contributed by atoms with Crippen LogP contribution >= 0.6 is 12.2 Å². The molecule has 1 rings (SSSR count). The van der Waals surface area contributed by atoms with Crippen molar-refractivity contribution in [2.45, 2.75) is 6.54 Å². The van der Waals surface area contributed by atoms with Gasteiger partial charge in [0.2, 0.25) is 4.77 Å². The third-order valence-corrected chi connectivity index (χ3v) is 2.08. The van der Waals surface area contributed by atoms with Crippen LogP contribution in [0.5, 0.6) is 0 Å². The van der Waals surface area contributed by atoms with Crippen LogP contribution in [0.1, 0.15) is 0 Å². The number of H-pyrrole nitrogens is 1. The van der Waals surface area contributed by atoms with E-state index in [2.05, 4.69) is 20.2 Å². The maximum atomic E-state index is 10.4. The summed E-state index contributed by atoms with van der Waals surface area (Å²) in [5.74, 6) is 0. The van der Waals surface area contributed by atoms with Gasteiger partial charge in [-0.1, -0.05) is 10.3 Å². The molecule has 0 bridgehead atoms. The van der Waals surface area contributed by atoms with Crippen LogP contribution in [0, 0.1) is 4.77 Å². The number of nitrogens with zero attached hydrogens (tertiary/aromatic N) is 3. The Morgan fingerprint density at radius 1 is 1.69 bits per heavy atom. The highest BCUT2D eigenvalue weighted by Crippen LogP contribution is 1.81. The van der Waals surface area contributed by atoms with Crippen molar-refractivity contribution in [2.24, 2.45) is 5.14 Å². The minimum absolute atomic E-state index is 0.136. The van der Waals surface area contributed by atoms with E-state index >= 15 is 0 Å². The van der Waals surface area contributed by atoms with Crippen molar-refractivity contribution in [3.8, 4) is 0 Å². The lowest BCUT2D eigenvalue weighted by Gasteiger charge is -2.00. The van der Waals surface area contributed by atoms with Gasteiger partial charge in [-0.25, -0.2) is 14.5 Å². The molecule has 0 saturated carbocycles. The second-order valence-corrected chi connectivity index (χ2v) is 3.92. The summed E-state index contributed by atoms with van der Waals surface area (Å²) in [6, 6.07) is 0. The Morgan fingerprint density at radius 3 is 2.85 bits per heavy atom. The van der Waals surface area contributed by atoms with Gasteiger partial charge in [0.25, 0.3) is 10.2 Å². The molecule has 74 valence electrons. The molecule has 0 amide bonds. The second kappa shape index (κ2) is 3.91. The van der Waals surface area contributed by atoms with Gasteiger partial charge in [0.1, 0.15) is 0 Å². The molecule has 1 heterocycles. The van der Waals surface area contributed by atoms with E-state index in [0.717, 1.165) is 0 Å². The first kappa shape index (κ1) is 10.2. The van der Waals surface area contributed by atoms with E-state index in [1.807, 2.05) is 0 Å². The molecule has 0 aromatic carbocycles. The predicted molar refractivity (Wildman–Crippen MR) is 46.3 cm³/mol. The normalized spacial score (nSPS) is 11.8. The van der Waals surface area contributed by atoms with Crippen molar-refractivity contribution in [1.29, 1.82) is 0 Å². The predicted octanol–water partition coefficient (Wildman–Crippen LogP) is -1.87. The highest BCUT2D eigenvalue weighted by molar-refractivity contribution is 7.87. The molecule has 4 N–H and O–H groups in total. The van der Waals surface area contributed by atoms with Crippen molar-refractivity contribution in [3.63, 3.8) is 0 Å². The standard InChI is InChI=1S/C3H8N6O2S2/c4-13(10,11)5-1-2-9-3(12)6-7-8-9/h5H,1-2H2,(H2,4,10,11)(H,6,8,12). The highest BCUT2D eigenvalue weighted by Gasteiger charge is 2.00. The lowest BCUT2D eigenvalue weighted by atomic mass is 10.7. The van der Waals surface area contributed by atoms with E-state index in [-0.39, 0.29) is 11.3 Å². The van der Waals surface area contributed by atoms with E-state index in [1.165, 1.54) is 4.68 Å². The number of hydrogen-bond donors (Lipinski definition) is 3. The van der Waals surface area contributed by atoms with E-state index in [1.54, 1.807) is 0 Å². The number of hydrogen-bond acceptors (Lipinski definition) is 5. The molecule has 0 unspecified atom stereocenters. The summed E-state index contributed by atoms with van der Waals surface area (Å²) in [5.41, 5.74) is 0. The molecule has 0 saturated heterocycles. The maximum Gasteiger partial charge on any atom is 0.274 e.